The lowest BCUT2D eigenvalue weighted by Gasteiger charge is -2.14. The van der Waals surface area contributed by atoms with Crippen molar-refractivity contribution in [3.8, 4) is 11.1 Å². The zero-order chi connectivity index (χ0) is 18.8. The van der Waals surface area contributed by atoms with Crippen LogP contribution in [0.1, 0.15) is 17.0 Å². The molecule has 0 fully saturated rings. The first kappa shape index (κ1) is 16.8. The fraction of sp³-hybridized carbons (Fsp3) is 0.150. The molecule has 1 aliphatic carbocycles. The van der Waals surface area contributed by atoms with Crippen LogP contribution >= 0.6 is 0 Å². The van der Waals surface area contributed by atoms with E-state index < -0.39 is 12.1 Å². The molecule has 1 amide bonds. The van der Waals surface area contributed by atoms with E-state index in [-0.39, 0.29) is 25.0 Å². The molecule has 0 saturated heterocycles. The largest absolute Gasteiger partial charge is 0.480 e. The Hall–Kier alpha value is -3.61. The van der Waals surface area contributed by atoms with Crippen molar-refractivity contribution >= 4 is 18.0 Å². The number of ether oxygens (including phenoxy) is 1. The Kier molecular flexibility index (Phi) is 4.33. The minimum Gasteiger partial charge on any atom is -0.480 e. The topological polar surface area (TPSA) is 93.5 Å². The third-order valence-electron chi connectivity index (χ3n) is 4.58. The lowest BCUT2D eigenvalue weighted by molar-refractivity contribution is -0.137. The number of aromatic nitrogens is 2. The number of amides is 1. The number of aliphatic carboxylic acids is 1. The van der Waals surface area contributed by atoms with Crippen LogP contribution in [0.5, 0.6) is 0 Å². The highest BCUT2D eigenvalue weighted by Crippen LogP contribution is 2.44. The van der Waals surface area contributed by atoms with E-state index in [4.69, 9.17) is 9.84 Å². The summed E-state index contributed by atoms with van der Waals surface area (Å²) in [6.07, 6.45) is 2.23. The zero-order valence-electron chi connectivity index (χ0n) is 14.3. The number of benzene rings is 2. The van der Waals surface area contributed by atoms with Crippen LogP contribution in [-0.2, 0) is 16.1 Å². The van der Waals surface area contributed by atoms with Gasteiger partial charge in [-0.25, -0.2) is 9.78 Å². The van der Waals surface area contributed by atoms with Crippen molar-refractivity contribution < 1.29 is 19.4 Å². The van der Waals surface area contributed by atoms with Gasteiger partial charge in [0.1, 0.15) is 13.2 Å². The second-order valence-electron chi connectivity index (χ2n) is 6.22. The summed E-state index contributed by atoms with van der Waals surface area (Å²) in [4.78, 5) is 27.0. The number of carboxylic acid groups (broad SMARTS) is 1. The lowest BCUT2D eigenvalue weighted by atomic mass is 9.98. The normalized spacial score (nSPS) is 12.3. The van der Waals surface area contributed by atoms with Gasteiger partial charge >= 0.3 is 12.1 Å². The number of carboxylic acids is 1. The summed E-state index contributed by atoms with van der Waals surface area (Å²) in [5.74, 6) is -0.930. The Morgan fingerprint density at radius 3 is 2.33 bits per heavy atom. The van der Waals surface area contributed by atoms with Gasteiger partial charge in [0, 0.05) is 18.3 Å². The maximum Gasteiger partial charge on any atom is 0.414 e. The fourth-order valence-electron chi connectivity index (χ4n) is 3.43. The average molecular weight is 363 g/mol. The Morgan fingerprint density at radius 1 is 1.07 bits per heavy atom. The maximum atomic E-state index is 12.2. The molecule has 1 aromatic heterocycles. The monoisotopic (exact) mass is 363 g/mol. The second kappa shape index (κ2) is 6.95. The molecule has 2 aromatic carbocycles. The predicted molar refractivity (Wildman–Crippen MR) is 98.6 cm³/mol. The van der Waals surface area contributed by atoms with E-state index in [1.807, 2.05) is 36.4 Å². The molecule has 2 N–H and O–H groups in total. The number of nitrogens with one attached hydrogen (secondary N) is 1. The number of carbonyl (C=O) groups excluding carboxylic acids is 1. The van der Waals surface area contributed by atoms with Gasteiger partial charge in [-0.15, -0.1) is 0 Å². The Morgan fingerprint density at radius 2 is 1.70 bits per heavy atom. The molecule has 3 aromatic rings. The van der Waals surface area contributed by atoms with Crippen LogP contribution in [-0.4, -0.2) is 33.3 Å². The third-order valence-corrected chi connectivity index (χ3v) is 4.58. The van der Waals surface area contributed by atoms with Gasteiger partial charge in [-0.3, -0.25) is 10.1 Å². The molecular weight excluding hydrogens is 346 g/mol. The van der Waals surface area contributed by atoms with Crippen molar-refractivity contribution in [2.75, 3.05) is 11.9 Å². The average Bonchev–Trinajstić information content (AvgIpc) is 3.22. The van der Waals surface area contributed by atoms with Gasteiger partial charge in [0.25, 0.3) is 0 Å². The number of rotatable bonds is 5. The summed E-state index contributed by atoms with van der Waals surface area (Å²) >= 11 is 0. The van der Waals surface area contributed by atoms with Crippen molar-refractivity contribution in [2.24, 2.45) is 0 Å². The summed E-state index contributed by atoms with van der Waals surface area (Å²) in [5, 5.41) is 11.4. The van der Waals surface area contributed by atoms with Gasteiger partial charge < -0.3 is 14.4 Å². The van der Waals surface area contributed by atoms with Crippen LogP contribution in [0.4, 0.5) is 10.7 Å². The lowest BCUT2D eigenvalue weighted by Crippen LogP contribution is -2.21. The molecule has 0 saturated carbocycles. The quantitative estimate of drug-likeness (QED) is 0.725. The Labute approximate surface area is 155 Å². The molecule has 7 nitrogen and oxygen atoms in total. The van der Waals surface area contributed by atoms with E-state index in [1.54, 1.807) is 0 Å². The molecule has 7 heteroatoms. The third kappa shape index (κ3) is 3.27. The first-order valence-corrected chi connectivity index (χ1v) is 8.48. The van der Waals surface area contributed by atoms with E-state index in [1.165, 1.54) is 17.0 Å². The number of hydrogen-bond donors (Lipinski definition) is 2. The van der Waals surface area contributed by atoms with Crippen LogP contribution in [0.3, 0.4) is 0 Å². The van der Waals surface area contributed by atoms with Crippen molar-refractivity contribution in [1.29, 1.82) is 0 Å². The van der Waals surface area contributed by atoms with E-state index in [9.17, 15) is 9.59 Å². The highest BCUT2D eigenvalue weighted by Gasteiger charge is 2.29. The van der Waals surface area contributed by atoms with E-state index in [0.29, 0.717) is 0 Å². The summed E-state index contributed by atoms with van der Waals surface area (Å²) in [6, 6.07) is 16.2. The summed E-state index contributed by atoms with van der Waals surface area (Å²) in [6.45, 7) is -0.113. The molecule has 0 unspecified atom stereocenters. The summed E-state index contributed by atoms with van der Waals surface area (Å²) < 4.78 is 6.75. The molecule has 0 bridgehead atoms. The van der Waals surface area contributed by atoms with E-state index >= 15 is 0 Å². The highest BCUT2D eigenvalue weighted by molar-refractivity contribution is 5.83. The predicted octanol–water partition coefficient (Wildman–Crippen LogP) is 3.33. The van der Waals surface area contributed by atoms with E-state index in [2.05, 4.69) is 22.4 Å². The molecule has 0 atom stereocenters. The smallest absolute Gasteiger partial charge is 0.414 e. The molecule has 1 aliphatic rings. The number of anilines is 1. The number of nitrogens with zero attached hydrogens (tertiary/aromatic N) is 2. The van der Waals surface area contributed by atoms with Crippen molar-refractivity contribution in [3.63, 3.8) is 0 Å². The first-order chi connectivity index (χ1) is 13.1. The van der Waals surface area contributed by atoms with Gasteiger partial charge in [0.05, 0.1) is 0 Å². The molecule has 0 radical (unpaired) electrons. The molecule has 1 heterocycles. The van der Waals surface area contributed by atoms with Gasteiger partial charge in [-0.1, -0.05) is 48.5 Å². The molecule has 0 spiro atoms. The SMILES string of the molecule is O=C(O)Cn1ccnc1NC(=O)OCC1c2ccccc2-c2ccccc21. The molecule has 27 heavy (non-hydrogen) atoms. The highest BCUT2D eigenvalue weighted by atomic mass is 16.5. The van der Waals surface area contributed by atoms with Gasteiger partial charge in [0.2, 0.25) is 5.95 Å². The van der Waals surface area contributed by atoms with E-state index in [0.717, 1.165) is 22.3 Å². The van der Waals surface area contributed by atoms with Crippen LogP contribution < -0.4 is 5.32 Å². The minimum atomic E-state index is -1.02. The van der Waals surface area contributed by atoms with Crippen LogP contribution in [0.2, 0.25) is 0 Å². The molecular formula is C20H17N3O4. The Bertz CT molecular complexity index is 966. The van der Waals surface area contributed by atoms with Crippen molar-refractivity contribution in [3.05, 3.63) is 72.1 Å². The Balaban J connectivity index is 1.47. The number of carbonyl (C=O) groups is 2. The van der Waals surface area contributed by atoms with Crippen LogP contribution in [0.25, 0.3) is 11.1 Å². The molecule has 136 valence electrons. The van der Waals surface area contributed by atoms with Gasteiger partial charge in [-0.2, -0.15) is 0 Å². The number of fused-ring (bicyclic) bond motifs is 3. The van der Waals surface area contributed by atoms with Crippen LogP contribution in [0.15, 0.2) is 60.9 Å². The van der Waals surface area contributed by atoms with Crippen LogP contribution in [0, 0.1) is 0 Å². The van der Waals surface area contributed by atoms with Gasteiger partial charge in [-0.05, 0) is 22.3 Å². The van der Waals surface area contributed by atoms with Crippen molar-refractivity contribution in [2.45, 2.75) is 12.5 Å². The first-order valence-electron chi connectivity index (χ1n) is 8.48. The summed E-state index contributed by atoms with van der Waals surface area (Å²) in [7, 11) is 0. The van der Waals surface area contributed by atoms with Crippen molar-refractivity contribution in [1.82, 2.24) is 9.55 Å². The second-order valence-corrected chi connectivity index (χ2v) is 6.22. The standard InChI is InChI=1S/C20H17N3O4/c24-18(25)11-23-10-9-21-19(23)22-20(26)27-12-17-15-7-3-1-5-13(15)14-6-2-4-8-16(14)17/h1-10,17H,11-12H2,(H,24,25)(H,21,22,26). The van der Waals surface area contributed by atoms with Gasteiger partial charge in [0.15, 0.2) is 0 Å². The molecule has 4 rings (SSSR count). The zero-order valence-corrected chi connectivity index (χ0v) is 14.3. The fourth-order valence-corrected chi connectivity index (χ4v) is 3.43. The number of hydrogen-bond acceptors (Lipinski definition) is 4. The summed E-state index contributed by atoms with van der Waals surface area (Å²) in [5.41, 5.74) is 4.55. The maximum absolute atomic E-state index is 12.2. The molecule has 0 aliphatic heterocycles. The number of imidazole rings is 1. The minimum absolute atomic E-state index is 0.0399.